The van der Waals surface area contributed by atoms with E-state index >= 15 is 0 Å². The van der Waals surface area contributed by atoms with Crippen molar-refractivity contribution in [2.75, 3.05) is 0 Å². The Balaban J connectivity index is 2.46. The molecule has 1 aliphatic carbocycles. The van der Waals surface area contributed by atoms with Crippen molar-refractivity contribution >= 4 is 22.0 Å². The van der Waals surface area contributed by atoms with Gasteiger partial charge in [0.15, 0.2) is 0 Å². The molecule has 0 spiro atoms. The first-order chi connectivity index (χ1) is 5.90. The van der Waals surface area contributed by atoms with E-state index in [9.17, 15) is 0 Å². The van der Waals surface area contributed by atoms with E-state index in [1.807, 2.05) is 4.99 Å². The van der Waals surface area contributed by atoms with Gasteiger partial charge in [-0.15, -0.1) is 0 Å². The van der Waals surface area contributed by atoms with Crippen LogP contribution in [-0.4, -0.2) is 0 Å². The molecule has 0 nitrogen and oxygen atoms in total. The summed E-state index contributed by atoms with van der Waals surface area (Å²) in [4.78, 5) is 1.99. The summed E-state index contributed by atoms with van der Waals surface area (Å²) in [5.74, 6) is 0. The van der Waals surface area contributed by atoms with Crippen molar-refractivity contribution in [1.82, 2.24) is 0 Å². The molecule has 1 aliphatic rings. The van der Waals surface area contributed by atoms with Crippen molar-refractivity contribution in [3.63, 3.8) is 0 Å². The minimum absolute atomic E-state index is 1.04. The molecule has 0 radical (unpaired) electrons. The summed E-state index contributed by atoms with van der Waals surface area (Å²) in [7, 11) is 0. The van der Waals surface area contributed by atoms with Gasteiger partial charge in [0.25, 0.3) is 0 Å². The number of hydrogen-bond donors (Lipinski definition) is 0. The summed E-state index contributed by atoms with van der Waals surface area (Å²) >= 11 is 3.35. The van der Waals surface area contributed by atoms with Crippen LogP contribution < -0.4 is 0 Å². The van der Waals surface area contributed by atoms with Crippen molar-refractivity contribution in [3.05, 3.63) is 52.0 Å². The van der Waals surface area contributed by atoms with Crippen LogP contribution in [0.3, 0.4) is 0 Å². The molecule has 1 heteroatoms. The minimum Gasteiger partial charge on any atom is -0.0619 e. The molecule has 0 fully saturated rings. The summed E-state index contributed by atoms with van der Waals surface area (Å²) in [5.41, 5.74) is 4.08. The minimum atomic E-state index is 1.04. The van der Waals surface area contributed by atoms with Crippen LogP contribution >= 0.6 is 15.9 Å². The third-order valence-corrected chi connectivity index (χ3v) is 2.65. The molecule has 0 saturated carbocycles. The molecule has 2 rings (SSSR count). The Hall–Kier alpha value is -0.820. The van der Waals surface area contributed by atoms with Gasteiger partial charge in [0.2, 0.25) is 0 Å². The van der Waals surface area contributed by atoms with Crippen LogP contribution in [-0.2, 0) is 6.42 Å². The Morgan fingerprint density at radius 2 is 2.00 bits per heavy atom. The molecule has 0 bridgehead atoms. The second-order valence-electron chi connectivity index (χ2n) is 2.89. The Kier molecular flexibility index (Phi) is 2.13. The zero-order valence-corrected chi connectivity index (χ0v) is 8.21. The van der Waals surface area contributed by atoms with Crippen LogP contribution in [0.1, 0.15) is 11.1 Å². The maximum Gasteiger partial charge on any atom is -0.00147 e. The normalized spacial score (nSPS) is 17.9. The molecule has 0 saturated heterocycles. The third kappa shape index (κ3) is 1.37. The van der Waals surface area contributed by atoms with Crippen LogP contribution in [0.5, 0.6) is 0 Å². The summed E-state index contributed by atoms with van der Waals surface area (Å²) < 4.78 is 0. The number of fused-ring (bicyclic) bond motifs is 1. The molecule has 0 N–H and O–H groups in total. The van der Waals surface area contributed by atoms with E-state index in [4.69, 9.17) is 0 Å². The van der Waals surface area contributed by atoms with Gasteiger partial charge in [-0.25, -0.2) is 0 Å². The molecule has 1 aromatic carbocycles. The van der Waals surface area contributed by atoms with E-state index in [-0.39, 0.29) is 0 Å². The summed E-state index contributed by atoms with van der Waals surface area (Å²) in [6.07, 6.45) is 5.35. The number of halogens is 1. The van der Waals surface area contributed by atoms with E-state index in [1.54, 1.807) is 0 Å². The molecule has 1 aromatic rings. The van der Waals surface area contributed by atoms with Crippen LogP contribution in [0.25, 0.3) is 6.08 Å². The van der Waals surface area contributed by atoms with Crippen molar-refractivity contribution in [1.29, 1.82) is 0 Å². The zero-order chi connectivity index (χ0) is 8.39. The first-order valence-corrected chi connectivity index (χ1v) is 4.87. The van der Waals surface area contributed by atoms with Gasteiger partial charge in [0.1, 0.15) is 0 Å². The van der Waals surface area contributed by atoms with Gasteiger partial charge < -0.3 is 0 Å². The molecule has 60 valence electrons. The van der Waals surface area contributed by atoms with Crippen molar-refractivity contribution in [2.45, 2.75) is 6.42 Å². The summed E-state index contributed by atoms with van der Waals surface area (Å²) in [5, 5.41) is 0. The van der Waals surface area contributed by atoms with Gasteiger partial charge >= 0.3 is 0 Å². The highest BCUT2D eigenvalue weighted by atomic mass is 79.9. The van der Waals surface area contributed by atoms with Crippen LogP contribution in [0, 0.1) is 0 Å². The molecular weight excluding hydrogens is 212 g/mol. The van der Waals surface area contributed by atoms with Gasteiger partial charge in [0.05, 0.1) is 0 Å². The first-order valence-electron chi connectivity index (χ1n) is 3.95. The van der Waals surface area contributed by atoms with E-state index in [1.165, 1.54) is 16.7 Å². The Labute approximate surface area is 80.7 Å². The van der Waals surface area contributed by atoms with E-state index in [0.29, 0.717) is 0 Å². The Morgan fingerprint density at radius 3 is 2.83 bits per heavy atom. The standard InChI is InChI=1S/C11H9Br/c12-8-9-5-6-10-3-1-2-4-11(10)7-9/h1-6,8H,7H2. The quantitative estimate of drug-likeness (QED) is 0.628. The largest absolute Gasteiger partial charge is 0.0619 e. The number of hydrogen-bond acceptors (Lipinski definition) is 0. The fourth-order valence-corrected chi connectivity index (χ4v) is 1.72. The molecule has 0 atom stereocenters. The fourth-order valence-electron chi connectivity index (χ4n) is 1.41. The van der Waals surface area contributed by atoms with E-state index in [2.05, 4.69) is 52.3 Å². The fraction of sp³-hybridized carbons (Fsp3) is 0.0909. The second kappa shape index (κ2) is 3.28. The van der Waals surface area contributed by atoms with Gasteiger partial charge in [-0.1, -0.05) is 52.3 Å². The molecular formula is C11H9Br. The number of rotatable bonds is 0. The average Bonchev–Trinajstić information content (AvgIpc) is 2.17. The number of benzene rings is 1. The monoisotopic (exact) mass is 220 g/mol. The second-order valence-corrected chi connectivity index (χ2v) is 3.35. The highest BCUT2D eigenvalue weighted by molar-refractivity contribution is 9.11. The van der Waals surface area contributed by atoms with Gasteiger partial charge in [-0.2, -0.15) is 0 Å². The SMILES string of the molecule is BrC=C1C=Cc2ccccc2C1. The average molecular weight is 221 g/mol. The number of allylic oxidation sites excluding steroid dienone is 2. The van der Waals surface area contributed by atoms with Crippen LogP contribution in [0.4, 0.5) is 0 Å². The lowest BCUT2D eigenvalue weighted by atomic mass is 9.95. The van der Waals surface area contributed by atoms with Gasteiger partial charge in [-0.05, 0) is 28.1 Å². The zero-order valence-electron chi connectivity index (χ0n) is 6.63. The smallest absolute Gasteiger partial charge is 0.00147 e. The highest BCUT2D eigenvalue weighted by Crippen LogP contribution is 2.22. The topological polar surface area (TPSA) is 0 Å². The molecule has 0 unspecified atom stereocenters. The van der Waals surface area contributed by atoms with Gasteiger partial charge in [0, 0.05) is 0 Å². The molecule has 12 heavy (non-hydrogen) atoms. The molecule has 0 amide bonds. The van der Waals surface area contributed by atoms with Gasteiger partial charge in [-0.3, -0.25) is 0 Å². The first kappa shape index (κ1) is 7.81. The van der Waals surface area contributed by atoms with Crippen molar-refractivity contribution < 1.29 is 0 Å². The lowest BCUT2D eigenvalue weighted by Crippen LogP contribution is -1.95. The molecule has 0 aromatic heterocycles. The van der Waals surface area contributed by atoms with Crippen molar-refractivity contribution in [2.24, 2.45) is 0 Å². The molecule has 0 aliphatic heterocycles. The Morgan fingerprint density at radius 1 is 1.17 bits per heavy atom. The maximum atomic E-state index is 3.35. The Bertz CT molecular complexity index is 348. The van der Waals surface area contributed by atoms with E-state index < -0.39 is 0 Å². The summed E-state index contributed by atoms with van der Waals surface area (Å²) in [6, 6.07) is 8.49. The highest BCUT2D eigenvalue weighted by Gasteiger charge is 2.05. The van der Waals surface area contributed by atoms with Crippen LogP contribution in [0.15, 0.2) is 40.9 Å². The van der Waals surface area contributed by atoms with E-state index in [0.717, 1.165) is 6.42 Å². The predicted octanol–water partition coefficient (Wildman–Crippen LogP) is 3.53. The maximum absolute atomic E-state index is 3.35. The third-order valence-electron chi connectivity index (χ3n) is 2.07. The van der Waals surface area contributed by atoms with Crippen molar-refractivity contribution in [3.8, 4) is 0 Å². The van der Waals surface area contributed by atoms with Crippen LogP contribution in [0.2, 0.25) is 0 Å². The predicted molar refractivity (Wildman–Crippen MR) is 56.2 cm³/mol. The lowest BCUT2D eigenvalue weighted by molar-refractivity contribution is 1.18. The summed E-state index contributed by atoms with van der Waals surface area (Å²) in [6.45, 7) is 0. The molecule has 0 heterocycles. The lowest BCUT2D eigenvalue weighted by Gasteiger charge is -2.11.